The van der Waals surface area contributed by atoms with Crippen molar-refractivity contribution in [3.63, 3.8) is 0 Å². The largest absolute Gasteiger partial charge is 0.331 e. The number of hydrogen-bond donors (Lipinski definition) is 1. The molecule has 1 unspecified atom stereocenters. The van der Waals surface area contributed by atoms with Crippen LogP contribution in [0.3, 0.4) is 0 Å². The molecule has 3 rings (SSSR count). The summed E-state index contributed by atoms with van der Waals surface area (Å²) in [6.45, 7) is 2.97. The third kappa shape index (κ3) is 4.17. The van der Waals surface area contributed by atoms with E-state index < -0.39 is 0 Å². The fourth-order valence-corrected chi connectivity index (χ4v) is 4.40. The molecule has 0 saturated heterocycles. The Hall–Kier alpha value is -0.740. The molecule has 122 valence electrons. The summed E-state index contributed by atoms with van der Waals surface area (Å²) in [4.78, 5) is 15.9. The Balaban J connectivity index is 1.57. The highest BCUT2D eigenvalue weighted by atomic mass is 35.5. The van der Waals surface area contributed by atoms with Gasteiger partial charge in [0.25, 0.3) is 0 Å². The molecule has 2 saturated carbocycles. The Morgan fingerprint density at radius 3 is 2.64 bits per heavy atom. The second-order valence-electron chi connectivity index (χ2n) is 6.70. The maximum absolute atomic E-state index is 12.7. The molecule has 0 aliphatic heterocycles. The van der Waals surface area contributed by atoms with Crippen molar-refractivity contribution in [2.75, 3.05) is 6.54 Å². The normalized spacial score (nSPS) is 20.6. The number of rotatable bonds is 5. The number of nitrogens with zero attached hydrogens (tertiary/aromatic N) is 1. The number of hydrogen-bond acceptors (Lipinski definition) is 2. The summed E-state index contributed by atoms with van der Waals surface area (Å²) in [5.41, 5.74) is 0. The summed E-state index contributed by atoms with van der Waals surface area (Å²) in [6, 6.07) is 4.49. The lowest BCUT2D eigenvalue weighted by Crippen LogP contribution is -2.44. The van der Waals surface area contributed by atoms with Crippen molar-refractivity contribution in [2.24, 2.45) is 5.92 Å². The fraction of sp³-hybridized carbons (Fsp3) is 0.706. The number of amides is 2. The van der Waals surface area contributed by atoms with Crippen molar-refractivity contribution in [1.29, 1.82) is 0 Å². The molecule has 2 fully saturated rings. The maximum atomic E-state index is 12.7. The third-order valence-corrected chi connectivity index (χ3v) is 6.20. The molecule has 0 radical (unpaired) electrons. The Labute approximate surface area is 142 Å². The summed E-state index contributed by atoms with van der Waals surface area (Å²) in [5, 5.41) is 3.16. The molecule has 1 heterocycles. The Morgan fingerprint density at radius 1 is 1.32 bits per heavy atom. The second-order valence-corrected chi connectivity index (χ2v) is 8.45. The van der Waals surface area contributed by atoms with E-state index in [1.807, 2.05) is 19.1 Å². The quantitative estimate of drug-likeness (QED) is 0.783. The first-order chi connectivity index (χ1) is 10.6. The number of halogens is 1. The van der Waals surface area contributed by atoms with Gasteiger partial charge in [0.2, 0.25) is 0 Å². The van der Waals surface area contributed by atoms with E-state index in [4.69, 9.17) is 11.6 Å². The van der Waals surface area contributed by atoms with Gasteiger partial charge in [-0.05, 0) is 50.7 Å². The van der Waals surface area contributed by atoms with Crippen LogP contribution in [0.15, 0.2) is 12.1 Å². The average molecular weight is 341 g/mol. The Bertz CT molecular complexity index is 509. The lowest BCUT2D eigenvalue weighted by Gasteiger charge is -2.31. The maximum Gasteiger partial charge on any atom is 0.318 e. The van der Waals surface area contributed by atoms with Crippen LogP contribution >= 0.6 is 22.9 Å². The van der Waals surface area contributed by atoms with Crippen molar-refractivity contribution >= 4 is 29.0 Å². The molecule has 1 aromatic heterocycles. The van der Waals surface area contributed by atoms with Crippen molar-refractivity contribution in [1.82, 2.24) is 10.2 Å². The van der Waals surface area contributed by atoms with Crippen LogP contribution in [0.25, 0.3) is 0 Å². The molecule has 0 aromatic carbocycles. The van der Waals surface area contributed by atoms with Crippen LogP contribution in [0.1, 0.15) is 62.8 Å². The molecule has 1 N–H and O–H groups in total. The van der Waals surface area contributed by atoms with E-state index in [1.54, 1.807) is 11.3 Å². The van der Waals surface area contributed by atoms with Crippen molar-refractivity contribution in [2.45, 2.75) is 64.0 Å². The number of carbonyl (C=O) groups excluding carboxylic acids is 1. The summed E-state index contributed by atoms with van der Waals surface area (Å²) in [6.07, 6.45) is 8.92. The smallest absolute Gasteiger partial charge is 0.318 e. The minimum Gasteiger partial charge on any atom is -0.331 e. The van der Waals surface area contributed by atoms with E-state index in [0.717, 1.165) is 15.8 Å². The lowest BCUT2D eigenvalue weighted by molar-refractivity contribution is 0.172. The number of carbonyl (C=O) groups is 1. The topological polar surface area (TPSA) is 32.3 Å². The van der Waals surface area contributed by atoms with Crippen LogP contribution in [-0.2, 0) is 0 Å². The van der Waals surface area contributed by atoms with Crippen LogP contribution in [0.2, 0.25) is 4.34 Å². The predicted molar refractivity (Wildman–Crippen MR) is 92.6 cm³/mol. The van der Waals surface area contributed by atoms with Crippen LogP contribution < -0.4 is 5.32 Å². The predicted octanol–water partition coefficient (Wildman–Crippen LogP) is 5.22. The van der Waals surface area contributed by atoms with Crippen molar-refractivity contribution in [3.05, 3.63) is 21.3 Å². The first-order valence-corrected chi connectivity index (χ1v) is 9.65. The van der Waals surface area contributed by atoms with Gasteiger partial charge < -0.3 is 10.2 Å². The van der Waals surface area contributed by atoms with Crippen molar-refractivity contribution < 1.29 is 4.79 Å². The summed E-state index contributed by atoms with van der Waals surface area (Å²) in [5.74, 6) is 0.701. The molecule has 1 atom stereocenters. The van der Waals surface area contributed by atoms with Gasteiger partial charge in [-0.1, -0.05) is 30.9 Å². The van der Waals surface area contributed by atoms with E-state index in [-0.39, 0.29) is 12.1 Å². The summed E-state index contributed by atoms with van der Waals surface area (Å²) >= 11 is 7.53. The van der Waals surface area contributed by atoms with Crippen LogP contribution in [0, 0.1) is 5.92 Å². The fourth-order valence-electron chi connectivity index (χ4n) is 3.33. The molecular weight excluding hydrogens is 316 g/mol. The highest BCUT2D eigenvalue weighted by Crippen LogP contribution is 2.32. The van der Waals surface area contributed by atoms with Crippen molar-refractivity contribution in [3.8, 4) is 0 Å². The lowest BCUT2D eigenvalue weighted by atomic mass is 9.89. The SMILES string of the molecule is CC(NC(=O)N(CC1CCCCC1)C1CC1)c1ccc(Cl)s1. The molecular formula is C17H25ClN2OS. The zero-order valence-corrected chi connectivity index (χ0v) is 14.8. The zero-order valence-electron chi connectivity index (χ0n) is 13.2. The minimum absolute atomic E-state index is 0.0256. The number of nitrogens with one attached hydrogen (secondary N) is 1. The van der Waals surface area contributed by atoms with Gasteiger partial charge in [-0.2, -0.15) is 0 Å². The standard InChI is InChI=1S/C17H25ClN2OS/c1-12(15-9-10-16(18)22-15)19-17(21)20(14-7-8-14)11-13-5-3-2-4-6-13/h9-10,12-14H,2-8,11H2,1H3,(H,19,21). The van der Waals surface area contributed by atoms with Gasteiger partial charge in [-0.3, -0.25) is 0 Å². The van der Waals surface area contributed by atoms with Crippen LogP contribution in [0.5, 0.6) is 0 Å². The van der Waals surface area contributed by atoms with Gasteiger partial charge in [0.05, 0.1) is 10.4 Å². The van der Waals surface area contributed by atoms with E-state index in [1.165, 1.54) is 44.9 Å². The molecule has 2 aliphatic carbocycles. The first-order valence-electron chi connectivity index (χ1n) is 8.46. The summed E-state index contributed by atoms with van der Waals surface area (Å²) in [7, 11) is 0. The molecule has 0 bridgehead atoms. The minimum atomic E-state index is 0.0256. The van der Waals surface area contributed by atoms with Gasteiger partial charge in [0, 0.05) is 17.5 Å². The van der Waals surface area contributed by atoms with Crippen LogP contribution in [-0.4, -0.2) is 23.5 Å². The molecule has 1 aromatic rings. The van der Waals surface area contributed by atoms with Gasteiger partial charge in [0.15, 0.2) is 0 Å². The average Bonchev–Trinajstić information content (AvgIpc) is 3.26. The van der Waals surface area contributed by atoms with Gasteiger partial charge >= 0.3 is 6.03 Å². The molecule has 0 spiro atoms. The third-order valence-electron chi connectivity index (χ3n) is 4.79. The van der Waals surface area contributed by atoms with E-state index >= 15 is 0 Å². The molecule has 3 nitrogen and oxygen atoms in total. The first kappa shape index (κ1) is 16.1. The van der Waals surface area contributed by atoms with Gasteiger partial charge in [0.1, 0.15) is 0 Å². The number of urea groups is 1. The highest BCUT2D eigenvalue weighted by Gasteiger charge is 2.34. The Morgan fingerprint density at radius 2 is 2.05 bits per heavy atom. The molecule has 22 heavy (non-hydrogen) atoms. The number of thiophene rings is 1. The summed E-state index contributed by atoms with van der Waals surface area (Å²) < 4.78 is 0.775. The molecule has 5 heteroatoms. The molecule has 2 amide bonds. The zero-order chi connectivity index (χ0) is 15.5. The van der Waals surface area contributed by atoms with E-state index in [2.05, 4.69) is 10.2 Å². The van der Waals surface area contributed by atoms with E-state index in [0.29, 0.717) is 12.0 Å². The monoisotopic (exact) mass is 340 g/mol. The van der Waals surface area contributed by atoms with E-state index in [9.17, 15) is 4.79 Å². The molecule has 2 aliphatic rings. The second kappa shape index (κ2) is 7.22. The van der Waals surface area contributed by atoms with Crippen LogP contribution in [0.4, 0.5) is 4.79 Å². The Kier molecular flexibility index (Phi) is 5.29. The van der Waals surface area contributed by atoms with Gasteiger partial charge in [-0.15, -0.1) is 11.3 Å². The highest BCUT2D eigenvalue weighted by molar-refractivity contribution is 7.16. The van der Waals surface area contributed by atoms with Gasteiger partial charge in [-0.25, -0.2) is 4.79 Å².